The maximum Gasteiger partial charge on any atom is 0.416 e. The lowest BCUT2D eigenvalue weighted by Gasteiger charge is -2.18. The fraction of sp³-hybridized carbons (Fsp3) is 0.136. The van der Waals surface area contributed by atoms with Gasteiger partial charge in [-0.3, -0.25) is 9.59 Å². The van der Waals surface area contributed by atoms with Crippen molar-refractivity contribution in [1.29, 1.82) is 0 Å². The van der Waals surface area contributed by atoms with Gasteiger partial charge in [-0.15, -0.1) is 0 Å². The van der Waals surface area contributed by atoms with Gasteiger partial charge in [0.25, 0.3) is 5.91 Å². The second-order valence-corrected chi connectivity index (χ2v) is 8.18. The van der Waals surface area contributed by atoms with E-state index < -0.39 is 17.6 Å². The molecule has 0 unspecified atom stereocenters. The van der Waals surface area contributed by atoms with Crippen molar-refractivity contribution < 1.29 is 22.8 Å². The Labute approximate surface area is 195 Å². The number of rotatable bonds is 5. The van der Waals surface area contributed by atoms with Crippen molar-refractivity contribution in [3.05, 3.63) is 65.9 Å². The number of alkyl halides is 3. The maximum absolute atomic E-state index is 12.9. The van der Waals surface area contributed by atoms with Crippen molar-refractivity contribution in [1.82, 2.24) is 15.0 Å². The van der Waals surface area contributed by atoms with Gasteiger partial charge >= 0.3 is 6.18 Å². The largest absolute Gasteiger partial charge is 0.416 e. The van der Waals surface area contributed by atoms with Crippen LogP contribution in [0.5, 0.6) is 0 Å². The maximum atomic E-state index is 12.9. The Hall–Kier alpha value is -4.06. The monoisotopic (exact) mass is 486 g/mol. The number of carbonyl (C=O) groups excluding carboxylic acids is 2. The van der Waals surface area contributed by atoms with Gasteiger partial charge in [0.05, 0.1) is 11.8 Å². The summed E-state index contributed by atoms with van der Waals surface area (Å²) in [5, 5.41) is 5.64. The summed E-state index contributed by atoms with van der Waals surface area (Å²) < 4.78 is 38.8. The third-order valence-corrected chi connectivity index (χ3v) is 5.55. The molecular formula is C22H17F3N6O2S. The van der Waals surface area contributed by atoms with E-state index in [1.54, 1.807) is 36.2 Å². The SMILES string of the molecule is CC(=O)Nc1nc2cnc(N(C)c3cccc(NC(=O)c4cccc(C(F)(F)F)c4)c3)nc2s1. The molecule has 0 bridgehead atoms. The zero-order valence-corrected chi connectivity index (χ0v) is 18.7. The molecule has 4 aromatic rings. The van der Waals surface area contributed by atoms with Gasteiger partial charge in [-0.2, -0.15) is 18.2 Å². The van der Waals surface area contributed by atoms with Crippen LogP contribution in [-0.2, 0) is 11.0 Å². The Kier molecular flexibility index (Phi) is 6.16. The Balaban J connectivity index is 1.54. The molecule has 0 saturated carbocycles. The van der Waals surface area contributed by atoms with E-state index >= 15 is 0 Å². The van der Waals surface area contributed by atoms with Crippen LogP contribution in [0.1, 0.15) is 22.8 Å². The number of hydrogen-bond donors (Lipinski definition) is 2. The molecule has 2 heterocycles. The first kappa shape index (κ1) is 23.1. The van der Waals surface area contributed by atoms with Crippen molar-refractivity contribution in [2.75, 3.05) is 22.6 Å². The van der Waals surface area contributed by atoms with Crippen LogP contribution in [0, 0.1) is 0 Å². The molecule has 174 valence electrons. The van der Waals surface area contributed by atoms with Gasteiger partial charge in [-0.05, 0) is 36.4 Å². The molecule has 12 heteroatoms. The molecule has 0 radical (unpaired) electrons. The highest BCUT2D eigenvalue weighted by Gasteiger charge is 2.30. The van der Waals surface area contributed by atoms with Gasteiger partial charge in [0.1, 0.15) is 5.52 Å². The van der Waals surface area contributed by atoms with Gasteiger partial charge in [-0.1, -0.05) is 23.5 Å². The van der Waals surface area contributed by atoms with E-state index in [9.17, 15) is 22.8 Å². The van der Waals surface area contributed by atoms with Crippen LogP contribution in [0.15, 0.2) is 54.7 Å². The number of hydrogen-bond acceptors (Lipinski definition) is 7. The number of aromatic nitrogens is 3. The van der Waals surface area contributed by atoms with Gasteiger partial charge < -0.3 is 15.5 Å². The number of thiazole rings is 1. The Morgan fingerprint density at radius 2 is 1.79 bits per heavy atom. The number of carbonyl (C=O) groups is 2. The zero-order chi connectivity index (χ0) is 24.5. The van der Waals surface area contributed by atoms with Gasteiger partial charge in [0.15, 0.2) is 9.96 Å². The lowest BCUT2D eigenvalue weighted by molar-refractivity contribution is -0.137. The average molecular weight is 486 g/mol. The first-order valence-electron chi connectivity index (χ1n) is 9.84. The number of anilines is 4. The summed E-state index contributed by atoms with van der Waals surface area (Å²) >= 11 is 1.21. The Bertz CT molecular complexity index is 1390. The minimum Gasteiger partial charge on any atom is -0.322 e. The molecular weight excluding hydrogens is 469 g/mol. The summed E-state index contributed by atoms with van der Waals surface area (Å²) in [7, 11) is 1.73. The van der Waals surface area contributed by atoms with Crippen LogP contribution in [0.3, 0.4) is 0 Å². The van der Waals surface area contributed by atoms with Gasteiger partial charge in [0.2, 0.25) is 11.9 Å². The summed E-state index contributed by atoms with van der Waals surface area (Å²) in [6, 6.07) is 10.9. The molecule has 2 amide bonds. The number of nitrogens with one attached hydrogen (secondary N) is 2. The molecule has 0 aliphatic carbocycles. The Morgan fingerprint density at radius 1 is 1.03 bits per heavy atom. The number of nitrogens with zero attached hydrogens (tertiary/aromatic N) is 4. The second-order valence-electron chi connectivity index (χ2n) is 7.20. The molecule has 0 atom stereocenters. The van der Waals surface area contributed by atoms with E-state index in [2.05, 4.69) is 25.6 Å². The highest BCUT2D eigenvalue weighted by molar-refractivity contribution is 7.21. The van der Waals surface area contributed by atoms with Crippen LogP contribution in [0.4, 0.5) is 35.6 Å². The Morgan fingerprint density at radius 3 is 2.53 bits per heavy atom. The van der Waals surface area contributed by atoms with E-state index in [1.165, 1.54) is 36.6 Å². The predicted octanol–water partition coefficient (Wildman–Crippen LogP) is 5.08. The van der Waals surface area contributed by atoms with E-state index in [0.29, 0.717) is 32.8 Å². The summed E-state index contributed by atoms with van der Waals surface area (Å²) in [5.74, 6) is -0.557. The fourth-order valence-corrected chi connectivity index (χ4v) is 3.89. The van der Waals surface area contributed by atoms with Crippen molar-refractivity contribution in [3.63, 3.8) is 0 Å². The van der Waals surface area contributed by atoms with Crippen molar-refractivity contribution in [3.8, 4) is 0 Å². The van der Waals surface area contributed by atoms with Crippen molar-refractivity contribution in [2.24, 2.45) is 0 Å². The number of amides is 2. The topological polar surface area (TPSA) is 100 Å². The van der Waals surface area contributed by atoms with Crippen LogP contribution >= 0.6 is 11.3 Å². The summed E-state index contributed by atoms with van der Waals surface area (Å²) in [6.07, 6.45) is -3.00. The zero-order valence-electron chi connectivity index (χ0n) is 17.8. The molecule has 2 N–H and O–H groups in total. The standard InChI is InChI=1S/C22H17F3N6O2S/c1-12(32)27-21-29-17-11-26-20(30-19(17)34-21)31(2)16-8-4-7-15(10-16)28-18(33)13-5-3-6-14(9-13)22(23,24)25/h3-11H,1-2H3,(H,28,33)(H,27,29,32). The highest BCUT2D eigenvalue weighted by Crippen LogP contribution is 2.30. The molecule has 0 saturated heterocycles. The molecule has 2 aromatic heterocycles. The van der Waals surface area contributed by atoms with E-state index in [-0.39, 0.29) is 11.5 Å². The van der Waals surface area contributed by atoms with Gasteiger partial charge in [0, 0.05) is 30.9 Å². The summed E-state index contributed by atoms with van der Waals surface area (Å²) in [5.41, 5.74) is 0.549. The molecule has 0 aliphatic rings. The lowest BCUT2D eigenvalue weighted by atomic mass is 10.1. The van der Waals surface area contributed by atoms with Crippen molar-refractivity contribution >= 4 is 56.0 Å². The third-order valence-electron chi connectivity index (χ3n) is 4.66. The highest BCUT2D eigenvalue weighted by atomic mass is 32.1. The summed E-state index contributed by atoms with van der Waals surface area (Å²) in [6.45, 7) is 1.38. The molecule has 34 heavy (non-hydrogen) atoms. The summed E-state index contributed by atoms with van der Waals surface area (Å²) in [4.78, 5) is 39.0. The average Bonchev–Trinajstić information content (AvgIpc) is 3.19. The molecule has 8 nitrogen and oxygen atoms in total. The molecule has 0 spiro atoms. The van der Waals surface area contributed by atoms with E-state index in [0.717, 1.165) is 12.1 Å². The van der Waals surface area contributed by atoms with Crippen molar-refractivity contribution in [2.45, 2.75) is 13.1 Å². The van der Waals surface area contributed by atoms with E-state index in [4.69, 9.17) is 0 Å². The predicted molar refractivity (Wildman–Crippen MR) is 123 cm³/mol. The van der Waals surface area contributed by atoms with E-state index in [1.807, 2.05) is 0 Å². The third kappa shape index (κ3) is 5.12. The van der Waals surface area contributed by atoms with Crippen LogP contribution in [0.2, 0.25) is 0 Å². The lowest BCUT2D eigenvalue weighted by Crippen LogP contribution is -2.15. The quantitative estimate of drug-likeness (QED) is 0.408. The first-order chi connectivity index (χ1) is 16.1. The minimum absolute atomic E-state index is 0.109. The fourth-order valence-electron chi connectivity index (χ4n) is 3.04. The first-order valence-corrected chi connectivity index (χ1v) is 10.7. The van der Waals surface area contributed by atoms with Crippen LogP contribution in [0.25, 0.3) is 10.3 Å². The van der Waals surface area contributed by atoms with Crippen LogP contribution < -0.4 is 15.5 Å². The minimum atomic E-state index is -4.54. The second kappa shape index (κ2) is 9.06. The number of halogens is 3. The van der Waals surface area contributed by atoms with Gasteiger partial charge in [-0.25, -0.2) is 9.97 Å². The van der Waals surface area contributed by atoms with Crippen LogP contribution in [-0.4, -0.2) is 33.8 Å². The smallest absolute Gasteiger partial charge is 0.322 e. The molecule has 2 aromatic carbocycles. The molecule has 4 rings (SSSR count). The number of fused-ring (bicyclic) bond motifs is 1. The number of benzene rings is 2. The molecule has 0 aliphatic heterocycles. The normalized spacial score (nSPS) is 11.3. The molecule has 0 fully saturated rings.